The molecule has 1 saturated carbocycles. The number of nitrogens with zero attached hydrogens (tertiary/aromatic N) is 1. The average molecular weight is 402 g/mol. The second-order valence-corrected chi connectivity index (χ2v) is 7.19. The van der Waals surface area contributed by atoms with Gasteiger partial charge in [-0.2, -0.15) is 0 Å². The molecule has 0 aromatic heterocycles. The SMILES string of the molecule is CCCC(N)C(=O)Nc1ccc(C(=O)N(C)C2CCCCC2)c(Cl)c1.Cl. The molecule has 1 fully saturated rings. The molecular formula is C19H29Cl2N3O2. The third-order valence-corrected chi connectivity index (χ3v) is 5.16. The van der Waals surface area contributed by atoms with Crippen molar-refractivity contribution < 1.29 is 9.59 Å². The molecule has 1 aromatic carbocycles. The van der Waals surface area contributed by atoms with E-state index in [2.05, 4.69) is 5.32 Å². The minimum atomic E-state index is -0.539. The third-order valence-electron chi connectivity index (χ3n) is 4.85. The van der Waals surface area contributed by atoms with Crippen molar-refractivity contribution >= 4 is 41.5 Å². The van der Waals surface area contributed by atoms with Crippen molar-refractivity contribution in [1.82, 2.24) is 4.90 Å². The Morgan fingerprint density at radius 2 is 1.96 bits per heavy atom. The molecule has 0 spiro atoms. The van der Waals surface area contributed by atoms with Gasteiger partial charge in [-0.25, -0.2) is 0 Å². The van der Waals surface area contributed by atoms with Crippen LogP contribution in [-0.4, -0.2) is 35.8 Å². The Kier molecular flexibility index (Phi) is 9.41. The predicted molar refractivity (Wildman–Crippen MR) is 109 cm³/mol. The van der Waals surface area contributed by atoms with Gasteiger partial charge < -0.3 is 16.0 Å². The molecule has 0 saturated heterocycles. The van der Waals surface area contributed by atoms with Gasteiger partial charge in [-0.05, 0) is 37.5 Å². The molecule has 1 aliphatic rings. The van der Waals surface area contributed by atoms with Crippen LogP contribution in [0.2, 0.25) is 5.02 Å². The highest BCUT2D eigenvalue weighted by molar-refractivity contribution is 6.34. The fourth-order valence-electron chi connectivity index (χ4n) is 3.27. The van der Waals surface area contributed by atoms with Gasteiger partial charge in [-0.15, -0.1) is 12.4 Å². The second kappa shape index (κ2) is 10.8. The van der Waals surface area contributed by atoms with Gasteiger partial charge in [0.15, 0.2) is 0 Å². The molecule has 1 aliphatic carbocycles. The van der Waals surface area contributed by atoms with Gasteiger partial charge in [0, 0.05) is 18.8 Å². The van der Waals surface area contributed by atoms with Crippen LogP contribution in [0.3, 0.4) is 0 Å². The van der Waals surface area contributed by atoms with Crippen LogP contribution in [0.15, 0.2) is 18.2 Å². The number of anilines is 1. The van der Waals surface area contributed by atoms with E-state index in [0.29, 0.717) is 22.7 Å². The van der Waals surface area contributed by atoms with Gasteiger partial charge in [-0.1, -0.05) is 44.2 Å². The molecule has 2 rings (SSSR count). The summed E-state index contributed by atoms with van der Waals surface area (Å²) in [7, 11) is 1.84. The van der Waals surface area contributed by atoms with Crippen LogP contribution >= 0.6 is 24.0 Å². The highest BCUT2D eigenvalue weighted by Gasteiger charge is 2.24. The maximum atomic E-state index is 12.7. The highest BCUT2D eigenvalue weighted by Crippen LogP contribution is 2.26. The lowest BCUT2D eigenvalue weighted by atomic mass is 9.94. The molecule has 146 valence electrons. The summed E-state index contributed by atoms with van der Waals surface area (Å²) in [6.07, 6.45) is 7.14. The maximum Gasteiger partial charge on any atom is 0.255 e. The van der Waals surface area contributed by atoms with E-state index in [1.807, 2.05) is 14.0 Å². The highest BCUT2D eigenvalue weighted by atomic mass is 35.5. The minimum Gasteiger partial charge on any atom is -0.339 e. The van der Waals surface area contributed by atoms with E-state index in [0.717, 1.165) is 19.3 Å². The Hall–Kier alpha value is -1.30. The van der Waals surface area contributed by atoms with Gasteiger partial charge in [0.05, 0.1) is 16.6 Å². The van der Waals surface area contributed by atoms with E-state index >= 15 is 0 Å². The van der Waals surface area contributed by atoms with E-state index in [1.165, 1.54) is 19.3 Å². The fraction of sp³-hybridized carbons (Fsp3) is 0.579. The summed E-state index contributed by atoms with van der Waals surface area (Å²) in [4.78, 5) is 26.5. The monoisotopic (exact) mass is 401 g/mol. The van der Waals surface area contributed by atoms with Crippen molar-refractivity contribution in [1.29, 1.82) is 0 Å². The molecule has 0 heterocycles. The fourth-order valence-corrected chi connectivity index (χ4v) is 3.53. The number of halogens is 2. The van der Waals surface area contributed by atoms with Crippen molar-refractivity contribution in [2.24, 2.45) is 5.73 Å². The van der Waals surface area contributed by atoms with E-state index in [9.17, 15) is 9.59 Å². The number of hydrogen-bond donors (Lipinski definition) is 2. The van der Waals surface area contributed by atoms with Crippen molar-refractivity contribution in [2.45, 2.75) is 64.0 Å². The lowest BCUT2D eigenvalue weighted by Gasteiger charge is -2.31. The summed E-state index contributed by atoms with van der Waals surface area (Å²) < 4.78 is 0. The Balaban J connectivity index is 0.00000338. The largest absolute Gasteiger partial charge is 0.339 e. The van der Waals surface area contributed by atoms with Gasteiger partial charge in [0.25, 0.3) is 5.91 Å². The van der Waals surface area contributed by atoms with Crippen molar-refractivity contribution in [3.63, 3.8) is 0 Å². The summed E-state index contributed by atoms with van der Waals surface area (Å²) in [5.74, 6) is -0.311. The van der Waals surface area contributed by atoms with Crippen LogP contribution in [0.25, 0.3) is 0 Å². The lowest BCUT2D eigenvalue weighted by Crippen LogP contribution is -2.38. The summed E-state index contributed by atoms with van der Waals surface area (Å²) >= 11 is 6.30. The average Bonchev–Trinajstić information content (AvgIpc) is 2.61. The van der Waals surface area contributed by atoms with E-state index in [1.54, 1.807) is 23.1 Å². The number of nitrogens with two attached hydrogens (primary N) is 1. The number of amides is 2. The predicted octanol–water partition coefficient (Wildman–Crippen LogP) is 4.23. The Bertz CT molecular complexity index is 619. The summed E-state index contributed by atoms with van der Waals surface area (Å²) in [5.41, 5.74) is 6.83. The Morgan fingerprint density at radius 1 is 1.31 bits per heavy atom. The number of nitrogens with one attached hydrogen (secondary N) is 1. The number of carbonyl (C=O) groups excluding carboxylic acids is 2. The third kappa shape index (κ3) is 5.86. The first-order valence-electron chi connectivity index (χ1n) is 9.07. The molecule has 7 heteroatoms. The molecule has 1 aromatic rings. The van der Waals surface area contributed by atoms with Crippen molar-refractivity contribution in [3.8, 4) is 0 Å². The molecule has 1 unspecified atom stereocenters. The molecule has 5 nitrogen and oxygen atoms in total. The second-order valence-electron chi connectivity index (χ2n) is 6.79. The normalized spacial score (nSPS) is 15.7. The summed E-state index contributed by atoms with van der Waals surface area (Å²) in [6, 6.07) is 4.72. The number of hydrogen-bond acceptors (Lipinski definition) is 3. The van der Waals surface area contributed by atoms with E-state index in [4.69, 9.17) is 17.3 Å². The maximum absolute atomic E-state index is 12.7. The Labute approximate surface area is 167 Å². The van der Waals surface area contributed by atoms with Crippen molar-refractivity contribution in [3.05, 3.63) is 28.8 Å². The van der Waals surface area contributed by atoms with Crippen LogP contribution < -0.4 is 11.1 Å². The van der Waals surface area contributed by atoms with Crippen LogP contribution in [0.4, 0.5) is 5.69 Å². The topological polar surface area (TPSA) is 75.4 Å². The Morgan fingerprint density at radius 3 is 2.54 bits per heavy atom. The number of carbonyl (C=O) groups is 2. The van der Waals surface area contributed by atoms with E-state index in [-0.39, 0.29) is 30.3 Å². The number of benzene rings is 1. The quantitative estimate of drug-likeness (QED) is 0.748. The summed E-state index contributed by atoms with van der Waals surface area (Å²) in [6.45, 7) is 1.98. The van der Waals surface area contributed by atoms with Crippen LogP contribution in [0.5, 0.6) is 0 Å². The molecule has 2 amide bonds. The molecule has 26 heavy (non-hydrogen) atoms. The van der Waals surface area contributed by atoms with Crippen LogP contribution in [0, 0.1) is 0 Å². The van der Waals surface area contributed by atoms with Crippen LogP contribution in [0.1, 0.15) is 62.2 Å². The lowest BCUT2D eigenvalue weighted by molar-refractivity contribution is -0.117. The smallest absolute Gasteiger partial charge is 0.255 e. The molecule has 0 bridgehead atoms. The zero-order valence-electron chi connectivity index (χ0n) is 15.5. The molecular weight excluding hydrogens is 373 g/mol. The molecule has 0 aliphatic heterocycles. The minimum absolute atomic E-state index is 0. The standard InChI is InChI=1S/C19H28ClN3O2.ClH/c1-3-7-17(21)18(24)22-13-10-11-15(16(20)12-13)19(25)23(2)14-8-5-4-6-9-14;/h10-12,14,17H,3-9,21H2,1-2H3,(H,22,24);1H. The van der Waals surface area contributed by atoms with E-state index < -0.39 is 6.04 Å². The first-order valence-corrected chi connectivity index (χ1v) is 9.45. The zero-order chi connectivity index (χ0) is 18.4. The first-order chi connectivity index (χ1) is 11.9. The number of rotatable bonds is 6. The summed E-state index contributed by atoms with van der Waals surface area (Å²) in [5, 5.41) is 3.09. The molecule has 3 N–H and O–H groups in total. The first kappa shape index (κ1) is 22.7. The van der Waals surface area contributed by atoms with Crippen molar-refractivity contribution in [2.75, 3.05) is 12.4 Å². The van der Waals surface area contributed by atoms with Gasteiger partial charge in [-0.3, -0.25) is 9.59 Å². The van der Waals surface area contributed by atoms with Gasteiger partial charge >= 0.3 is 0 Å². The molecule has 0 radical (unpaired) electrons. The molecule has 1 atom stereocenters. The zero-order valence-corrected chi connectivity index (χ0v) is 17.0. The van der Waals surface area contributed by atoms with Gasteiger partial charge in [0.2, 0.25) is 5.91 Å². The van der Waals surface area contributed by atoms with Gasteiger partial charge in [0.1, 0.15) is 0 Å². The van der Waals surface area contributed by atoms with Crippen LogP contribution in [-0.2, 0) is 4.79 Å².